The van der Waals surface area contributed by atoms with Crippen LogP contribution in [0.3, 0.4) is 0 Å². The number of benzene rings is 1. The van der Waals surface area contributed by atoms with Gasteiger partial charge in [-0.15, -0.1) is 0 Å². The van der Waals surface area contributed by atoms with E-state index in [4.69, 9.17) is 4.74 Å². The number of methoxy groups -OCH3 is 1. The fourth-order valence-corrected chi connectivity index (χ4v) is 1.52. The van der Waals surface area contributed by atoms with Crippen LogP contribution in [0, 0.1) is 0 Å². The normalized spacial score (nSPS) is 9.72. The number of carbonyl (C=O) groups excluding carboxylic acids is 1. The Bertz CT molecular complexity index is 404. The molecule has 0 unspecified atom stereocenters. The van der Waals surface area contributed by atoms with Gasteiger partial charge in [-0.05, 0) is 30.5 Å². The van der Waals surface area contributed by atoms with Crippen molar-refractivity contribution in [1.82, 2.24) is 5.43 Å². The number of amides is 1. The van der Waals surface area contributed by atoms with E-state index in [9.17, 15) is 4.79 Å². The third kappa shape index (κ3) is 4.57. The summed E-state index contributed by atoms with van der Waals surface area (Å²) in [6, 6.07) is 7.44. The van der Waals surface area contributed by atoms with E-state index < -0.39 is 0 Å². The molecular formula is C14H20N2O2. The third-order valence-corrected chi connectivity index (χ3v) is 2.68. The minimum atomic E-state index is -0.0976. The van der Waals surface area contributed by atoms with Crippen LogP contribution in [0.2, 0.25) is 0 Å². The molecule has 0 saturated carbocycles. The summed E-state index contributed by atoms with van der Waals surface area (Å²) in [5.74, 6) is 0.691. The quantitative estimate of drug-likeness (QED) is 0.621. The lowest BCUT2D eigenvalue weighted by atomic mass is 10.1. The highest BCUT2D eigenvalue weighted by Gasteiger charge is 2.03. The monoisotopic (exact) mass is 248 g/mol. The highest BCUT2D eigenvalue weighted by Crippen LogP contribution is 2.11. The van der Waals surface area contributed by atoms with Crippen LogP contribution < -0.4 is 10.2 Å². The average molecular weight is 248 g/mol. The average Bonchev–Trinajstić information content (AvgIpc) is 2.41. The first kappa shape index (κ1) is 14.2. The van der Waals surface area contributed by atoms with Gasteiger partial charge in [0.15, 0.2) is 0 Å². The maximum absolute atomic E-state index is 11.7. The Morgan fingerprint density at radius 2 is 1.83 bits per heavy atom. The van der Waals surface area contributed by atoms with Gasteiger partial charge in [0.1, 0.15) is 5.75 Å². The van der Waals surface area contributed by atoms with Crippen LogP contribution in [0.5, 0.6) is 5.75 Å². The molecule has 0 aliphatic heterocycles. The van der Waals surface area contributed by atoms with E-state index in [1.54, 1.807) is 7.11 Å². The van der Waals surface area contributed by atoms with Gasteiger partial charge in [-0.25, -0.2) is 5.43 Å². The number of nitrogens with one attached hydrogen (secondary N) is 1. The van der Waals surface area contributed by atoms with Crippen molar-refractivity contribution in [3.63, 3.8) is 0 Å². The summed E-state index contributed by atoms with van der Waals surface area (Å²) in [7, 11) is 1.62. The van der Waals surface area contributed by atoms with Crippen LogP contribution in [0.15, 0.2) is 29.4 Å². The number of nitrogens with zero attached hydrogens (tertiary/aromatic N) is 1. The molecule has 0 aliphatic carbocycles. The Hall–Kier alpha value is -1.84. The number of rotatable bonds is 6. The van der Waals surface area contributed by atoms with Gasteiger partial charge < -0.3 is 4.74 Å². The molecule has 0 fully saturated rings. The van der Waals surface area contributed by atoms with Crippen molar-refractivity contribution in [3.8, 4) is 5.75 Å². The summed E-state index contributed by atoms with van der Waals surface area (Å²) in [5.41, 5.74) is 4.52. The second-order valence-electron chi connectivity index (χ2n) is 3.94. The van der Waals surface area contributed by atoms with Crippen LogP contribution in [-0.4, -0.2) is 18.7 Å². The first-order valence-electron chi connectivity index (χ1n) is 6.16. The molecule has 0 aromatic heterocycles. The van der Waals surface area contributed by atoms with Crippen molar-refractivity contribution in [3.05, 3.63) is 29.8 Å². The molecule has 4 heteroatoms. The Morgan fingerprint density at radius 1 is 1.22 bits per heavy atom. The molecule has 0 spiro atoms. The van der Waals surface area contributed by atoms with Crippen LogP contribution in [-0.2, 0) is 11.2 Å². The molecule has 1 N–H and O–H groups in total. The summed E-state index contributed by atoms with van der Waals surface area (Å²) >= 11 is 0. The van der Waals surface area contributed by atoms with E-state index in [2.05, 4.69) is 10.5 Å². The fourth-order valence-electron chi connectivity index (χ4n) is 1.52. The predicted molar refractivity (Wildman–Crippen MR) is 72.9 cm³/mol. The van der Waals surface area contributed by atoms with Crippen LogP contribution in [0.1, 0.15) is 32.3 Å². The van der Waals surface area contributed by atoms with Gasteiger partial charge >= 0.3 is 0 Å². The number of hydrogen-bond donors (Lipinski definition) is 1. The molecule has 0 radical (unpaired) electrons. The Labute approximate surface area is 108 Å². The minimum Gasteiger partial charge on any atom is -0.497 e. The van der Waals surface area contributed by atoms with Crippen molar-refractivity contribution >= 4 is 11.6 Å². The molecule has 1 aromatic carbocycles. The molecule has 0 atom stereocenters. The van der Waals surface area contributed by atoms with Crippen molar-refractivity contribution in [2.24, 2.45) is 5.10 Å². The molecule has 0 aliphatic rings. The molecule has 4 nitrogen and oxygen atoms in total. The topological polar surface area (TPSA) is 50.7 Å². The maximum Gasteiger partial charge on any atom is 0.244 e. The van der Waals surface area contributed by atoms with E-state index in [0.717, 1.165) is 29.9 Å². The molecular weight excluding hydrogens is 228 g/mol. The summed E-state index contributed by atoms with van der Waals surface area (Å²) in [5, 5.41) is 4.08. The molecule has 1 rings (SSSR count). The fraction of sp³-hybridized carbons (Fsp3) is 0.429. The third-order valence-electron chi connectivity index (χ3n) is 2.68. The maximum atomic E-state index is 11.7. The zero-order chi connectivity index (χ0) is 13.4. The lowest BCUT2D eigenvalue weighted by Gasteiger charge is -2.04. The minimum absolute atomic E-state index is 0.0976. The number of hydrogen-bond acceptors (Lipinski definition) is 3. The van der Waals surface area contributed by atoms with Gasteiger partial charge in [0.2, 0.25) is 5.91 Å². The lowest BCUT2D eigenvalue weighted by Crippen LogP contribution is -2.21. The lowest BCUT2D eigenvalue weighted by molar-refractivity contribution is -0.120. The molecule has 18 heavy (non-hydrogen) atoms. The summed E-state index contributed by atoms with van der Waals surface area (Å²) in [6.45, 7) is 4.05. The van der Waals surface area contributed by atoms with Gasteiger partial charge in [-0.3, -0.25) is 4.79 Å². The highest BCUT2D eigenvalue weighted by atomic mass is 16.5. The van der Waals surface area contributed by atoms with Crippen LogP contribution in [0.25, 0.3) is 0 Å². The molecule has 1 amide bonds. The van der Waals surface area contributed by atoms with E-state index in [1.807, 2.05) is 38.1 Å². The van der Waals surface area contributed by atoms with Gasteiger partial charge in [-0.1, -0.05) is 26.0 Å². The summed E-state index contributed by atoms with van der Waals surface area (Å²) in [6.07, 6.45) is 2.05. The van der Waals surface area contributed by atoms with Crippen molar-refractivity contribution in [1.29, 1.82) is 0 Å². The van der Waals surface area contributed by atoms with E-state index in [0.29, 0.717) is 6.42 Å². The molecule has 98 valence electrons. The summed E-state index contributed by atoms with van der Waals surface area (Å²) < 4.78 is 5.06. The van der Waals surface area contributed by atoms with Gasteiger partial charge in [0.05, 0.1) is 13.5 Å². The zero-order valence-corrected chi connectivity index (χ0v) is 11.2. The second-order valence-corrected chi connectivity index (χ2v) is 3.94. The highest BCUT2D eigenvalue weighted by molar-refractivity contribution is 5.86. The van der Waals surface area contributed by atoms with Gasteiger partial charge in [0.25, 0.3) is 0 Å². The van der Waals surface area contributed by atoms with Crippen LogP contribution in [0.4, 0.5) is 0 Å². The number of ether oxygens (including phenoxy) is 1. The van der Waals surface area contributed by atoms with Crippen LogP contribution >= 0.6 is 0 Å². The van der Waals surface area contributed by atoms with Crippen molar-refractivity contribution in [2.45, 2.75) is 33.1 Å². The van der Waals surface area contributed by atoms with Gasteiger partial charge in [-0.2, -0.15) is 5.10 Å². The first-order valence-corrected chi connectivity index (χ1v) is 6.16. The standard InChI is InChI=1S/C14H20N2O2/c1-4-12(5-2)15-16-14(17)10-11-6-8-13(18-3)9-7-11/h6-9H,4-5,10H2,1-3H3,(H,16,17). The van der Waals surface area contributed by atoms with Crippen molar-refractivity contribution < 1.29 is 9.53 Å². The predicted octanol–water partition coefficient (Wildman–Crippen LogP) is 2.53. The van der Waals surface area contributed by atoms with Crippen molar-refractivity contribution in [2.75, 3.05) is 7.11 Å². The molecule has 1 aromatic rings. The SMILES string of the molecule is CCC(CC)=NNC(=O)Cc1ccc(OC)cc1. The number of hydrazone groups is 1. The Kier molecular flexibility index (Phi) is 5.91. The van der Waals surface area contributed by atoms with E-state index in [1.165, 1.54) is 0 Å². The molecule has 0 heterocycles. The molecule has 0 saturated heterocycles. The molecule has 0 bridgehead atoms. The van der Waals surface area contributed by atoms with E-state index in [-0.39, 0.29) is 5.91 Å². The Morgan fingerprint density at radius 3 is 2.33 bits per heavy atom. The first-order chi connectivity index (χ1) is 8.69. The number of carbonyl (C=O) groups is 1. The second kappa shape index (κ2) is 7.48. The smallest absolute Gasteiger partial charge is 0.244 e. The zero-order valence-electron chi connectivity index (χ0n) is 11.2. The summed E-state index contributed by atoms with van der Waals surface area (Å²) in [4.78, 5) is 11.7. The Balaban J connectivity index is 2.51. The van der Waals surface area contributed by atoms with Gasteiger partial charge in [0, 0.05) is 5.71 Å². The van der Waals surface area contributed by atoms with E-state index >= 15 is 0 Å². The largest absolute Gasteiger partial charge is 0.497 e.